The molecule has 0 amide bonds. The molecule has 6 heteroatoms. The maximum Gasteiger partial charge on any atom is 0.164 e. The van der Waals surface area contributed by atoms with Crippen molar-refractivity contribution in [1.29, 1.82) is 0 Å². The second-order valence-corrected chi connectivity index (χ2v) is 28.3. The van der Waals surface area contributed by atoms with E-state index in [0.29, 0.717) is 34.9 Å². The second kappa shape index (κ2) is 26.7. The maximum absolute atomic E-state index is 5.44. The van der Waals surface area contributed by atoms with Crippen LogP contribution in [-0.4, -0.2) is 29.9 Å². The molecule has 0 aliphatic rings. The van der Waals surface area contributed by atoms with Gasteiger partial charge < -0.3 is 0 Å². The van der Waals surface area contributed by atoms with Crippen LogP contribution in [0.25, 0.3) is 221 Å². The van der Waals surface area contributed by atoms with Gasteiger partial charge in [-0.1, -0.05) is 340 Å². The van der Waals surface area contributed by atoms with E-state index in [9.17, 15) is 0 Å². The van der Waals surface area contributed by atoms with E-state index in [4.69, 9.17) is 29.9 Å². The minimum atomic E-state index is 0.586. The van der Waals surface area contributed by atoms with E-state index in [1.54, 1.807) is 0 Å². The van der Waals surface area contributed by atoms with Gasteiger partial charge in [-0.25, -0.2) is 29.9 Å². The van der Waals surface area contributed by atoms with Crippen LogP contribution in [0.1, 0.15) is 0 Å². The standard InChI is InChI=1S/C104H64N6/c1-4-27-65(28-5-1)68-33-23-39-75(58-68)100-106-101(108-102(107-100)77-41-25-37-73(60-77)92-63-95-83-47-13-11-44-80(83)81-45-15-18-51-87(81)97(95)88-52-19-16-49-85(88)92)76-40-24-36-71(59-76)69-34-22-35-70(57-69)72-55-56-90-94(62-72)82-46-12-14-48-84(82)96-64-93(86-50-17-20-53-89(86)98(90)96)74-38-26-42-78(61-74)103-105-99(67-31-8-3-9-32-67)109-104(110-103)91-54-21-10-43-79(91)66-29-6-2-7-30-66/h1-64H. The third-order valence-corrected chi connectivity index (χ3v) is 21.9. The third kappa shape index (κ3) is 11.2. The maximum atomic E-state index is 5.44. The fraction of sp³-hybridized carbons (Fsp3) is 0. The van der Waals surface area contributed by atoms with Crippen molar-refractivity contribution in [3.8, 4) is 135 Å². The molecular weight excluding hydrogens is 1330 g/mol. The molecule has 0 atom stereocenters. The summed E-state index contributed by atoms with van der Waals surface area (Å²) in [6.07, 6.45) is 0. The normalized spacial score (nSPS) is 11.6. The highest BCUT2D eigenvalue weighted by molar-refractivity contribution is 6.35. The van der Waals surface area contributed by atoms with Gasteiger partial charge in [-0.15, -0.1) is 0 Å². The number of aromatic nitrogens is 6. The molecule has 0 saturated carbocycles. The summed E-state index contributed by atoms with van der Waals surface area (Å²) in [4.78, 5) is 31.9. The summed E-state index contributed by atoms with van der Waals surface area (Å²) in [7, 11) is 0. The van der Waals surface area contributed by atoms with Crippen molar-refractivity contribution in [2.45, 2.75) is 0 Å². The first-order valence-electron chi connectivity index (χ1n) is 37.4. The summed E-state index contributed by atoms with van der Waals surface area (Å²) in [5.41, 5.74) is 18.6. The van der Waals surface area contributed by atoms with Crippen molar-refractivity contribution in [1.82, 2.24) is 29.9 Å². The highest BCUT2D eigenvalue weighted by atomic mass is 15.0. The molecule has 6 nitrogen and oxygen atoms in total. The van der Waals surface area contributed by atoms with Crippen LogP contribution in [0.3, 0.4) is 0 Å². The molecule has 0 saturated heterocycles. The number of hydrogen-bond donors (Lipinski definition) is 0. The fourth-order valence-corrected chi connectivity index (χ4v) is 16.7. The van der Waals surface area contributed by atoms with E-state index in [-0.39, 0.29) is 0 Å². The Hall–Kier alpha value is -14.7. The lowest BCUT2D eigenvalue weighted by Crippen LogP contribution is -2.01. The molecule has 19 aromatic carbocycles. The summed E-state index contributed by atoms with van der Waals surface area (Å²) < 4.78 is 0. The lowest BCUT2D eigenvalue weighted by Gasteiger charge is -2.17. The van der Waals surface area contributed by atoms with E-state index in [1.807, 2.05) is 24.3 Å². The van der Waals surface area contributed by atoms with Gasteiger partial charge in [-0.2, -0.15) is 0 Å². The van der Waals surface area contributed by atoms with Crippen molar-refractivity contribution in [2.24, 2.45) is 0 Å². The number of fused-ring (bicyclic) bond motifs is 16. The fourth-order valence-electron chi connectivity index (χ4n) is 16.7. The molecule has 0 unspecified atom stereocenters. The van der Waals surface area contributed by atoms with Crippen molar-refractivity contribution < 1.29 is 0 Å². The van der Waals surface area contributed by atoms with Gasteiger partial charge >= 0.3 is 0 Å². The zero-order valence-corrected chi connectivity index (χ0v) is 59.6. The highest BCUT2D eigenvalue weighted by Crippen LogP contribution is 2.47. The number of nitrogens with zero attached hydrogens (tertiary/aromatic N) is 6. The van der Waals surface area contributed by atoms with Crippen molar-refractivity contribution in [2.75, 3.05) is 0 Å². The van der Waals surface area contributed by atoms with Crippen LogP contribution in [-0.2, 0) is 0 Å². The summed E-state index contributed by atoms with van der Waals surface area (Å²) in [5, 5.41) is 19.4. The van der Waals surface area contributed by atoms with Gasteiger partial charge in [0.1, 0.15) is 0 Å². The summed E-state index contributed by atoms with van der Waals surface area (Å²) in [6.45, 7) is 0. The molecule has 0 bridgehead atoms. The molecule has 110 heavy (non-hydrogen) atoms. The molecule has 21 rings (SSSR count). The summed E-state index contributed by atoms with van der Waals surface area (Å²) >= 11 is 0. The van der Waals surface area contributed by atoms with E-state index < -0.39 is 0 Å². The lowest BCUT2D eigenvalue weighted by molar-refractivity contribution is 1.07. The monoisotopic (exact) mass is 1400 g/mol. The van der Waals surface area contributed by atoms with Crippen LogP contribution in [0.4, 0.5) is 0 Å². The summed E-state index contributed by atoms with van der Waals surface area (Å²) in [6, 6.07) is 139. The quantitative estimate of drug-likeness (QED) is 0.113. The first kappa shape index (κ1) is 63.7. The molecule has 0 radical (unpaired) electrons. The summed E-state index contributed by atoms with van der Waals surface area (Å²) in [5.74, 6) is 3.61. The van der Waals surface area contributed by atoms with Crippen molar-refractivity contribution >= 4 is 86.2 Å². The SMILES string of the molecule is c1ccc(-c2cccc(-c3nc(-c4cccc(-c5cccc(-c6ccc7c(c6)c6ccccc6c6cc(-c8cccc(-c9nc(-c%10ccccc%10)nc(-c%10ccccc%10-c%10ccccc%10)n9)c8)c8ccccc8c76)c5)c4)nc(-c4cccc(-c5cc6c7ccccc7c7ccccc7c6c6ccccc56)c4)n3)c2)cc1. The van der Waals surface area contributed by atoms with Gasteiger partial charge in [0.15, 0.2) is 34.9 Å². The Labute approximate surface area is 635 Å². The van der Waals surface area contributed by atoms with Crippen LogP contribution in [0.5, 0.6) is 0 Å². The minimum Gasteiger partial charge on any atom is -0.208 e. The number of hydrogen-bond acceptors (Lipinski definition) is 6. The van der Waals surface area contributed by atoms with Crippen LogP contribution in [0.2, 0.25) is 0 Å². The first-order valence-corrected chi connectivity index (χ1v) is 37.4. The topological polar surface area (TPSA) is 77.3 Å². The Kier molecular flexibility index (Phi) is 15.5. The lowest BCUT2D eigenvalue weighted by atomic mass is 9.86. The van der Waals surface area contributed by atoms with Gasteiger partial charge in [-0.3, -0.25) is 0 Å². The zero-order chi connectivity index (χ0) is 72.6. The molecule has 21 aromatic rings. The Bertz CT molecular complexity index is 7280. The molecule has 0 spiro atoms. The van der Waals surface area contributed by atoms with E-state index in [1.165, 1.54) is 80.8 Å². The molecule has 0 N–H and O–H groups in total. The van der Waals surface area contributed by atoms with Crippen LogP contribution in [0.15, 0.2) is 388 Å². The first-order chi connectivity index (χ1) is 54.5. The molecule has 2 heterocycles. The Balaban J connectivity index is 0.653. The zero-order valence-electron chi connectivity index (χ0n) is 59.6. The Morgan fingerprint density at radius 1 is 0.109 bits per heavy atom. The minimum absolute atomic E-state index is 0.586. The van der Waals surface area contributed by atoms with Crippen LogP contribution >= 0.6 is 0 Å². The number of rotatable bonds is 12. The second-order valence-electron chi connectivity index (χ2n) is 28.3. The van der Waals surface area contributed by atoms with Gasteiger partial charge in [0.25, 0.3) is 0 Å². The third-order valence-electron chi connectivity index (χ3n) is 21.9. The molecule has 0 aliphatic carbocycles. The van der Waals surface area contributed by atoms with Gasteiger partial charge in [0.2, 0.25) is 0 Å². The number of benzene rings is 19. The molecule has 510 valence electrons. The molecule has 2 aromatic heterocycles. The molecule has 0 aliphatic heterocycles. The average molecular weight is 1400 g/mol. The largest absolute Gasteiger partial charge is 0.208 e. The highest BCUT2D eigenvalue weighted by Gasteiger charge is 2.23. The smallest absolute Gasteiger partial charge is 0.164 e. The van der Waals surface area contributed by atoms with Crippen molar-refractivity contribution in [3.05, 3.63) is 388 Å². The predicted molar refractivity (Wildman–Crippen MR) is 458 cm³/mol. The molecule has 0 fully saturated rings. The van der Waals surface area contributed by atoms with Gasteiger partial charge in [0, 0.05) is 33.4 Å². The molecular formula is C104H64N6. The Morgan fingerprint density at radius 2 is 0.373 bits per heavy atom. The Morgan fingerprint density at radius 3 is 0.827 bits per heavy atom. The van der Waals surface area contributed by atoms with Crippen LogP contribution in [0, 0.1) is 0 Å². The van der Waals surface area contributed by atoms with E-state index >= 15 is 0 Å². The average Bonchev–Trinajstić information content (AvgIpc) is 0.723. The van der Waals surface area contributed by atoms with Gasteiger partial charge in [0.05, 0.1) is 0 Å². The van der Waals surface area contributed by atoms with Crippen molar-refractivity contribution in [3.63, 3.8) is 0 Å². The van der Waals surface area contributed by atoms with E-state index in [0.717, 1.165) is 106 Å². The van der Waals surface area contributed by atoms with E-state index in [2.05, 4.69) is 364 Å². The predicted octanol–water partition coefficient (Wildman–Crippen LogP) is 27.3. The van der Waals surface area contributed by atoms with Crippen LogP contribution < -0.4 is 0 Å². The van der Waals surface area contributed by atoms with Gasteiger partial charge in [-0.05, 0) is 201 Å².